The van der Waals surface area contributed by atoms with Gasteiger partial charge in [0.25, 0.3) is 0 Å². The fraction of sp³-hybridized carbons (Fsp3) is 0.308. The van der Waals surface area contributed by atoms with E-state index >= 15 is 0 Å². The van der Waals surface area contributed by atoms with Crippen LogP contribution in [0, 0.1) is 13.8 Å². The lowest BCUT2D eigenvalue weighted by Crippen LogP contribution is -2.23. The summed E-state index contributed by atoms with van der Waals surface area (Å²) in [4.78, 5) is 4.26. The average molecular weight is 452 g/mol. The molecule has 0 radical (unpaired) electrons. The number of oxime groups is 1. The SMILES string of the molecule is COC(CCl)CNc1ccc(C(CC(=NO)c2ccnc(C)c2)c2ccccc2C)cc1. The summed E-state index contributed by atoms with van der Waals surface area (Å²) < 4.78 is 5.32. The first-order valence-electron chi connectivity index (χ1n) is 10.7. The molecular formula is C26H30ClN3O2. The second-order valence-electron chi connectivity index (χ2n) is 7.86. The summed E-state index contributed by atoms with van der Waals surface area (Å²) in [5.74, 6) is 0.480. The van der Waals surface area contributed by atoms with Gasteiger partial charge in [-0.15, -0.1) is 11.6 Å². The molecule has 0 amide bonds. The molecule has 1 heterocycles. The number of aryl methyl sites for hydroxylation is 2. The zero-order valence-electron chi connectivity index (χ0n) is 18.8. The lowest BCUT2D eigenvalue weighted by Gasteiger charge is -2.21. The van der Waals surface area contributed by atoms with Crippen molar-refractivity contribution >= 4 is 23.0 Å². The first-order chi connectivity index (χ1) is 15.5. The Kier molecular flexibility index (Phi) is 8.65. The van der Waals surface area contributed by atoms with Crippen LogP contribution in [0.1, 0.15) is 40.3 Å². The maximum atomic E-state index is 9.83. The number of hydrogen-bond donors (Lipinski definition) is 2. The molecule has 0 spiro atoms. The third-order valence-electron chi connectivity index (χ3n) is 5.66. The molecule has 0 saturated heterocycles. The Morgan fingerprint density at radius 1 is 1.12 bits per heavy atom. The van der Waals surface area contributed by atoms with Crippen molar-refractivity contribution in [2.75, 3.05) is 24.9 Å². The summed E-state index contributed by atoms with van der Waals surface area (Å²) in [7, 11) is 1.66. The van der Waals surface area contributed by atoms with E-state index in [4.69, 9.17) is 16.3 Å². The minimum absolute atomic E-state index is 0.0387. The molecule has 1 aromatic heterocycles. The van der Waals surface area contributed by atoms with E-state index < -0.39 is 0 Å². The smallest absolute Gasteiger partial charge is 0.0878 e. The average Bonchev–Trinajstić information content (AvgIpc) is 2.82. The van der Waals surface area contributed by atoms with Gasteiger partial charge in [0.05, 0.1) is 17.7 Å². The van der Waals surface area contributed by atoms with Gasteiger partial charge in [-0.25, -0.2) is 0 Å². The monoisotopic (exact) mass is 451 g/mol. The first kappa shape index (κ1) is 23.8. The van der Waals surface area contributed by atoms with Gasteiger partial charge in [0.15, 0.2) is 0 Å². The number of ether oxygens (including phenoxy) is 1. The van der Waals surface area contributed by atoms with Gasteiger partial charge in [-0.3, -0.25) is 4.98 Å². The Bertz CT molecular complexity index is 1030. The van der Waals surface area contributed by atoms with Crippen LogP contribution >= 0.6 is 11.6 Å². The van der Waals surface area contributed by atoms with Crippen molar-refractivity contribution in [2.24, 2.45) is 5.16 Å². The predicted molar refractivity (Wildman–Crippen MR) is 131 cm³/mol. The minimum Gasteiger partial charge on any atom is -0.411 e. The molecule has 5 nitrogen and oxygen atoms in total. The molecule has 2 aromatic carbocycles. The van der Waals surface area contributed by atoms with Gasteiger partial charge >= 0.3 is 0 Å². The number of aromatic nitrogens is 1. The number of pyridine rings is 1. The lowest BCUT2D eigenvalue weighted by molar-refractivity contribution is 0.131. The molecular weight excluding hydrogens is 422 g/mol. The van der Waals surface area contributed by atoms with Crippen LogP contribution in [-0.4, -0.2) is 41.5 Å². The number of methoxy groups -OCH3 is 1. The van der Waals surface area contributed by atoms with Crippen molar-refractivity contribution in [1.82, 2.24) is 4.98 Å². The van der Waals surface area contributed by atoms with Crippen LogP contribution in [0.3, 0.4) is 0 Å². The summed E-state index contributed by atoms with van der Waals surface area (Å²) in [6, 6.07) is 20.5. The van der Waals surface area contributed by atoms with Crippen LogP contribution in [0.4, 0.5) is 5.69 Å². The van der Waals surface area contributed by atoms with Crippen LogP contribution in [0.2, 0.25) is 0 Å². The highest BCUT2D eigenvalue weighted by Gasteiger charge is 2.20. The molecule has 2 N–H and O–H groups in total. The fourth-order valence-electron chi connectivity index (χ4n) is 3.79. The van der Waals surface area contributed by atoms with Gasteiger partial charge in [0.2, 0.25) is 0 Å². The van der Waals surface area contributed by atoms with E-state index in [0.29, 0.717) is 24.6 Å². The van der Waals surface area contributed by atoms with Gasteiger partial charge in [0.1, 0.15) is 0 Å². The first-order valence-corrected chi connectivity index (χ1v) is 11.2. The molecule has 168 valence electrons. The Morgan fingerprint density at radius 2 is 1.88 bits per heavy atom. The fourth-order valence-corrected chi connectivity index (χ4v) is 4.02. The summed E-state index contributed by atoms with van der Waals surface area (Å²) in [5, 5.41) is 16.9. The predicted octanol–water partition coefficient (Wildman–Crippen LogP) is 5.76. The van der Waals surface area contributed by atoms with Crippen molar-refractivity contribution < 1.29 is 9.94 Å². The number of rotatable bonds is 10. The Hall–Kier alpha value is -2.89. The Labute approximate surface area is 195 Å². The third kappa shape index (κ3) is 6.09. The number of halogens is 1. The van der Waals surface area contributed by atoms with Crippen molar-refractivity contribution in [2.45, 2.75) is 32.3 Å². The van der Waals surface area contributed by atoms with E-state index in [2.05, 4.69) is 64.8 Å². The number of hydrogen-bond acceptors (Lipinski definition) is 5. The number of anilines is 1. The minimum atomic E-state index is -0.0387. The second kappa shape index (κ2) is 11.7. The molecule has 0 bridgehead atoms. The van der Waals surface area contributed by atoms with Crippen LogP contribution in [0.5, 0.6) is 0 Å². The number of nitrogens with zero attached hydrogens (tertiary/aromatic N) is 2. The van der Waals surface area contributed by atoms with Crippen molar-refractivity contribution in [3.8, 4) is 0 Å². The lowest BCUT2D eigenvalue weighted by atomic mass is 9.83. The molecule has 0 fully saturated rings. The molecule has 3 rings (SSSR count). The second-order valence-corrected chi connectivity index (χ2v) is 8.17. The molecule has 0 aliphatic carbocycles. The van der Waals surface area contributed by atoms with Crippen LogP contribution < -0.4 is 5.32 Å². The third-order valence-corrected chi connectivity index (χ3v) is 6.01. The molecule has 0 aliphatic rings. The van der Waals surface area contributed by atoms with Crippen LogP contribution in [-0.2, 0) is 4.74 Å². The zero-order valence-corrected chi connectivity index (χ0v) is 19.5. The molecule has 2 atom stereocenters. The number of benzene rings is 2. The van der Waals surface area contributed by atoms with Gasteiger partial charge in [-0.05, 0) is 54.8 Å². The summed E-state index contributed by atoms with van der Waals surface area (Å²) in [6.07, 6.45) is 2.27. The van der Waals surface area contributed by atoms with Crippen molar-refractivity contribution in [1.29, 1.82) is 0 Å². The molecule has 0 saturated carbocycles. The maximum Gasteiger partial charge on any atom is 0.0878 e. The zero-order chi connectivity index (χ0) is 22.9. The van der Waals surface area contributed by atoms with E-state index in [0.717, 1.165) is 22.5 Å². The van der Waals surface area contributed by atoms with Crippen molar-refractivity contribution in [3.63, 3.8) is 0 Å². The molecule has 32 heavy (non-hydrogen) atoms. The van der Waals surface area contributed by atoms with Crippen LogP contribution in [0.25, 0.3) is 0 Å². The highest BCUT2D eigenvalue weighted by atomic mass is 35.5. The van der Waals surface area contributed by atoms with E-state index in [1.54, 1.807) is 13.3 Å². The largest absolute Gasteiger partial charge is 0.411 e. The summed E-state index contributed by atoms with van der Waals surface area (Å²) >= 11 is 5.91. The Morgan fingerprint density at radius 3 is 2.50 bits per heavy atom. The molecule has 6 heteroatoms. The van der Waals surface area contributed by atoms with E-state index in [1.807, 2.05) is 25.1 Å². The topological polar surface area (TPSA) is 66.7 Å². The van der Waals surface area contributed by atoms with Gasteiger partial charge < -0.3 is 15.3 Å². The number of nitrogens with one attached hydrogen (secondary N) is 1. The quantitative estimate of drug-likeness (QED) is 0.178. The Balaban J connectivity index is 1.89. The normalized spacial score (nSPS) is 13.6. The van der Waals surface area contributed by atoms with Gasteiger partial charge in [-0.1, -0.05) is 41.6 Å². The van der Waals surface area contributed by atoms with Crippen molar-refractivity contribution in [3.05, 3.63) is 94.8 Å². The molecule has 0 aliphatic heterocycles. The summed E-state index contributed by atoms with van der Waals surface area (Å²) in [6.45, 7) is 4.69. The summed E-state index contributed by atoms with van der Waals surface area (Å²) in [5.41, 5.74) is 6.97. The van der Waals surface area contributed by atoms with E-state index in [1.165, 1.54) is 11.1 Å². The maximum absolute atomic E-state index is 9.83. The van der Waals surface area contributed by atoms with Gasteiger partial charge in [0, 0.05) is 49.1 Å². The molecule has 2 unspecified atom stereocenters. The van der Waals surface area contributed by atoms with Gasteiger partial charge in [-0.2, -0.15) is 0 Å². The highest BCUT2D eigenvalue weighted by molar-refractivity contribution is 6.18. The van der Waals surface area contributed by atoms with E-state index in [-0.39, 0.29) is 12.0 Å². The number of alkyl halides is 1. The standard InChI is InChI=1S/C26H30ClN3O2/c1-18-6-4-5-7-24(18)25(15-26(30-31)21-12-13-28-19(2)14-21)20-8-10-22(11-9-20)29-17-23(16-27)32-3/h4-14,23,25,29,31H,15-17H2,1-3H3. The molecule has 3 aromatic rings. The highest BCUT2D eigenvalue weighted by Crippen LogP contribution is 2.32. The van der Waals surface area contributed by atoms with Crippen LogP contribution in [0.15, 0.2) is 72.0 Å². The van der Waals surface area contributed by atoms with E-state index in [9.17, 15) is 5.21 Å².